The molecule has 0 saturated carbocycles. The molecule has 0 radical (unpaired) electrons. The summed E-state index contributed by atoms with van der Waals surface area (Å²) in [7, 11) is 1.55. The van der Waals surface area contributed by atoms with E-state index in [-0.39, 0.29) is 24.8 Å². The van der Waals surface area contributed by atoms with E-state index in [4.69, 9.17) is 34.8 Å². The molecule has 4 nitrogen and oxygen atoms in total. The Bertz CT molecular complexity index is 806. The van der Waals surface area contributed by atoms with Crippen LogP contribution in [0.5, 0.6) is 0 Å². The molecule has 0 aliphatic carbocycles. The van der Waals surface area contributed by atoms with Gasteiger partial charge in [-0.25, -0.2) is 0 Å². The van der Waals surface area contributed by atoms with Crippen LogP contribution in [0.1, 0.15) is 24.5 Å². The monoisotopic (exact) mass is 426 g/mol. The second-order valence-corrected chi connectivity index (χ2v) is 7.25. The largest absolute Gasteiger partial charge is 0.357 e. The molecule has 144 valence electrons. The molecule has 0 unspecified atom stereocenters. The maximum absolute atomic E-state index is 13.1. The van der Waals surface area contributed by atoms with Crippen molar-refractivity contribution < 1.29 is 9.59 Å². The number of hydrogen-bond acceptors (Lipinski definition) is 2. The molecule has 0 spiro atoms. The maximum Gasteiger partial charge on any atom is 0.242 e. The number of rotatable bonds is 7. The summed E-state index contributed by atoms with van der Waals surface area (Å²) in [5, 5.41) is 4.02. The molecule has 7 heteroatoms. The second-order valence-electron chi connectivity index (χ2n) is 6.03. The van der Waals surface area contributed by atoms with Gasteiger partial charge in [0.25, 0.3) is 0 Å². The van der Waals surface area contributed by atoms with Crippen LogP contribution in [0.15, 0.2) is 42.5 Å². The van der Waals surface area contributed by atoms with Crippen molar-refractivity contribution >= 4 is 46.6 Å². The van der Waals surface area contributed by atoms with Crippen LogP contribution in [-0.2, 0) is 22.6 Å². The van der Waals surface area contributed by atoms with Crippen LogP contribution in [-0.4, -0.2) is 29.8 Å². The summed E-state index contributed by atoms with van der Waals surface area (Å²) >= 11 is 18.8. The van der Waals surface area contributed by atoms with E-state index in [9.17, 15) is 9.59 Å². The van der Waals surface area contributed by atoms with Crippen molar-refractivity contribution in [2.24, 2.45) is 0 Å². The number of nitrogens with one attached hydrogen (secondary N) is 1. The first kappa shape index (κ1) is 21.5. The molecule has 0 bridgehead atoms. The van der Waals surface area contributed by atoms with Crippen LogP contribution in [0.2, 0.25) is 15.1 Å². The lowest BCUT2D eigenvalue weighted by Crippen LogP contribution is -2.48. The van der Waals surface area contributed by atoms with E-state index in [0.717, 1.165) is 0 Å². The topological polar surface area (TPSA) is 49.4 Å². The van der Waals surface area contributed by atoms with Crippen molar-refractivity contribution in [3.63, 3.8) is 0 Å². The van der Waals surface area contributed by atoms with Gasteiger partial charge < -0.3 is 10.2 Å². The smallest absolute Gasteiger partial charge is 0.242 e. The fourth-order valence-electron chi connectivity index (χ4n) is 2.85. The normalized spacial score (nSPS) is 11.7. The number of benzene rings is 2. The lowest BCUT2D eigenvalue weighted by atomic mass is 10.1. The quantitative estimate of drug-likeness (QED) is 0.693. The number of carbonyl (C=O) groups excluding carboxylic acids is 2. The molecule has 2 rings (SSSR count). The van der Waals surface area contributed by atoms with Gasteiger partial charge in [-0.15, -0.1) is 0 Å². The van der Waals surface area contributed by atoms with Crippen LogP contribution in [0.4, 0.5) is 0 Å². The van der Waals surface area contributed by atoms with Crippen molar-refractivity contribution in [1.29, 1.82) is 0 Å². The van der Waals surface area contributed by atoms with Gasteiger partial charge in [0.2, 0.25) is 11.8 Å². The lowest BCUT2D eigenvalue weighted by Gasteiger charge is -2.31. The summed E-state index contributed by atoms with van der Waals surface area (Å²) in [5.74, 6) is -0.470. The number of amides is 2. The number of hydrogen-bond donors (Lipinski definition) is 1. The minimum Gasteiger partial charge on any atom is -0.357 e. The van der Waals surface area contributed by atoms with E-state index >= 15 is 0 Å². The van der Waals surface area contributed by atoms with Gasteiger partial charge in [0.05, 0.1) is 6.42 Å². The Morgan fingerprint density at radius 1 is 1.00 bits per heavy atom. The highest BCUT2D eigenvalue weighted by molar-refractivity contribution is 6.36. The Morgan fingerprint density at radius 2 is 1.59 bits per heavy atom. The minimum absolute atomic E-state index is 0.0786. The van der Waals surface area contributed by atoms with Gasteiger partial charge in [-0.3, -0.25) is 9.59 Å². The molecule has 2 aromatic carbocycles. The van der Waals surface area contributed by atoms with Crippen LogP contribution < -0.4 is 5.32 Å². The fraction of sp³-hybridized carbons (Fsp3) is 0.300. The van der Waals surface area contributed by atoms with Gasteiger partial charge in [-0.2, -0.15) is 0 Å². The highest BCUT2D eigenvalue weighted by atomic mass is 35.5. The molecule has 1 N–H and O–H groups in total. The van der Waals surface area contributed by atoms with Gasteiger partial charge in [0.1, 0.15) is 6.04 Å². The van der Waals surface area contributed by atoms with Gasteiger partial charge in [-0.1, -0.05) is 66.0 Å². The summed E-state index contributed by atoms with van der Waals surface area (Å²) in [6, 6.07) is 11.7. The predicted molar refractivity (Wildman–Crippen MR) is 110 cm³/mol. The van der Waals surface area contributed by atoms with Gasteiger partial charge >= 0.3 is 0 Å². The standard InChI is InChI=1S/C20H21Cl3N2O2/c1-3-18(20(27)24-2)25(12-14-16(22)9-6-10-17(14)23)19(26)11-13-7-4-5-8-15(13)21/h4-10,18H,3,11-12H2,1-2H3,(H,24,27)/t18-/m1/s1. The first-order valence-corrected chi connectivity index (χ1v) is 9.69. The maximum atomic E-state index is 13.1. The van der Waals surface area contributed by atoms with Gasteiger partial charge in [-0.05, 0) is 30.2 Å². The number of halogens is 3. The fourth-order valence-corrected chi connectivity index (χ4v) is 3.57. The van der Waals surface area contributed by atoms with Crippen LogP contribution >= 0.6 is 34.8 Å². The highest BCUT2D eigenvalue weighted by Gasteiger charge is 2.29. The van der Waals surface area contributed by atoms with Crippen molar-refractivity contribution in [3.8, 4) is 0 Å². The van der Waals surface area contributed by atoms with Crippen molar-refractivity contribution in [1.82, 2.24) is 10.2 Å². The third-order valence-corrected chi connectivity index (χ3v) is 5.40. The SMILES string of the molecule is CC[C@H](C(=O)NC)N(Cc1c(Cl)cccc1Cl)C(=O)Cc1ccccc1Cl. The zero-order valence-electron chi connectivity index (χ0n) is 15.1. The molecule has 2 amide bonds. The minimum atomic E-state index is -0.641. The molecular weight excluding hydrogens is 407 g/mol. The second kappa shape index (κ2) is 9.98. The van der Waals surface area contributed by atoms with E-state index in [1.165, 1.54) is 4.90 Å². The average molecular weight is 428 g/mol. The molecule has 0 fully saturated rings. The lowest BCUT2D eigenvalue weighted by molar-refractivity contribution is -0.140. The number of nitrogens with zero attached hydrogens (tertiary/aromatic N) is 1. The van der Waals surface area contributed by atoms with E-state index < -0.39 is 6.04 Å². The summed E-state index contributed by atoms with van der Waals surface area (Å²) in [6.07, 6.45) is 0.533. The van der Waals surface area contributed by atoms with Crippen LogP contribution in [0.25, 0.3) is 0 Å². The summed E-state index contributed by atoms with van der Waals surface area (Å²) < 4.78 is 0. The molecule has 27 heavy (non-hydrogen) atoms. The van der Waals surface area contributed by atoms with E-state index in [1.54, 1.807) is 43.4 Å². The van der Waals surface area contributed by atoms with Gasteiger partial charge in [0.15, 0.2) is 0 Å². The molecule has 2 aromatic rings. The third-order valence-electron chi connectivity index (χ3n) is 4.32. The molecule has 0 aromatic heterocycles. The summed E-state index contributed by atoms with van der Waals surface area (Å²) in [4.78, 5) is 27.0. The highest BCUT2D eigenvalue weighted by Crippen LogP contribution is 2.27. The summed E-state index contributed by atoms with van der Waals surface area (Å²) in [6.45, 7) is 1.98. The van der Waals surface area contributed by atoms with Crippen molar-refractivity contribution in [2.45, 2.75) is 32.4 Å². The summed E-state index contributed by atoms with van der Waals surface area (Å²) in [5.41, 5.74) is 1.31. The van der Waals surface area contributed by atoms with Crippen molar-refractivity contribution in [2.75, 3.05) is 7.05 Å². The Morgan fingerprint density at radius 3 is 2.15 bits per heavy atom. The first-order valence-electron chi connectivity index (χ1n) is 8.56. The molecule has 0 saturated heterocycles. The first-order chi connectivity index (χ1) is 12.9. The van der Waals surface area contributed by atoms with E-state index in [2.05, 4.69) is 5.32 Å². The Kier molecular flexibility index (Phi) is 7.96. The molecule has 0 aliphatic heterocycles. The van der Waals surface area contributed by atoms with Crippen LogP contribution in [0.3, 0.4) is 0 Å². The predicted octanol–water partition coefficient (Wildman–Crippen LogP) is 4.74. The Hall–Kier alpha value is -1.75. The van der Waals surface area contributed by atoms with Gasteiger partial charge in [0, 0.05) is 34.2 Å². The zero-order valence-corrected chi connectivity index (χ0v) is 17.4. The Labute approximate surface area is 174 Å². The molecule has 0 aliphatic rings. The van der Waals surface area contributed by atoms with E-state index in [1.807, 2.05) is 13.0 Å². The number of likely N-dealkylation sites (N-methyl/N-ethyl adjacent to an activating group) is 1. The van der Waals surface area contributed by atoms with Crippen molar-refractivity contribution in [3.05, 3.63) is 68.7 Å². The average Bonchev–Trinajstić information content (AvgIpc) is 2.65. The van der Waals surface area contributed by atoms with E-state index in [0.29, 0.717) is 32.6 Å². The molecular formula is C20H21Cl3N2O2. The molecule has 1 atom stereocenters. The Balaban J connectivity index is 2.38. The zero-order chi connectivity index (χ0) is 20.0. The molecule has 0 heterocycles. The number of carbonyl (C=O) groups is 2. The third kappa shape index (κ3) is 5.38. The van der Waals surface area contributed by atoms with Crippen LogP contribution in [0, 0.1) is 0 Å².